The van der Waals surface area contributed by atoms with Crippen LogP contribution >= 0.6 is 0 Å². The minimum Gasteiger partial charge on any atom is -0.473 e. The van der Waals surface area contributed by atoms with Crippen molar-refractivity contribution in [2.75, 3.05) is 0 Å². The van der Waals surface area contributed by atoms with Crippen molar-refractivity contribution < 1.29 is 9.66 Å². The van der Waals surface area contributed by atoms with Crippen molar-refractivity contribution >= 4 is 11.6 Å². The van der Waals surface area contributed by atoms with Gasteiger partial charge in [0, 0.05) is 30.1 Å². The molecule has 28 heavy (non-hydrogen) atoms. The van der Waals surface area contributed by atoms with Crippen LogP contribution in [0.15, 0.2) is 67.3 Å². The van der Waals surface area contributed by atoms with E-state index in [0.717, 1.165) is 24.0 Å². The average molecular weight is 378 g/mol. The fourth-order valence-corrected chi connectivity index (χ4v) is 3.02. The van der Waals surface area contributed by atoms with Crippen LogP contribution in [0.3, 0.4) is 0 Å². The summed E-state index contributed by atoms with van der Waals surface area (Å²) in [6.07, 6.45) is 7.62. The molecule has 7 nitrogen and oxygen atoms in total. The second-order valence-corrected chi connectivity index (χ2v) is 6.48. The number of nitro benzene ring substituents is 1. The van der Waals surface area contributed by atoms with Gasteiger partial charge in [-0.1, -0.05) is 25.5 Å². The molecule has 0 aliphatic rings. The standard InChI is InChI=1S/C21H22N4O3/c1-2-3-20(24-13-12-23-15-24)17-6-8-18(9-7-17)21(22)28-14-16-4-10-19(11-5-16)25(26)27/h4-13,15,20,22H,2-3,14H2,1H3. The number of ether oxygens (including phenoxy) is 1. The van der Waals surface area contributed by atoms with Gasteiger partial charge in [-0.15, -0.1) is 0 Å². The minimum absolute atomic E-state index is 0.0361. The van der Waals surface area contributed by atoms with Crippen molar-refractivity contribution in [1.29, 1.82) is 5.41 Å². The molecule has 1 aromatic heterocycles. The second kappa shape index (κ2) is 8.94. The molecule has 0 aliphatic carbocycles. The van der Waals surface area contributed by atoms with Crippen LogP contribution in [0.1, 0.15) is 42.5 Å². The number of non-ortho nitro benzene ring substituents is 1. The molecule has 0 amide bonds. The van der Waals surface area contributed by atoms with Crippen LogP contribution in [0.5, 0.6) is 0 Å². The van der Waals surface area contributed by atoms with Crippen molar-refractivity contribution in [3.63, 3.8) is 0 Å². The van der Waals surface area contributed by atoms with Crippen molar-refractivity contribution in [3.05, 3.63) is 94.1 Å². The zero-order valence-electron chi connectivity index (χ0n) is 15.6. The lowest BCUT2D eigenvalue weighted by Crippen LogP contribution is -2.10. The summed E-state index contributed by atoms with van der Waals surface area (Å²) >= 11 is 0. The lowest BCUT2D eigenvalue weighted by molar-refractivity contribution is -0.384. The van der Waals surface area contributed by atoms with E-state index in [1.54, 1.807) is 18.3 Å². The molecule has 3 aromatic rings. The summed E-state index contributed by atoms with van der Waals surface area (Å²) in [5.74, 6) is 0.0691. The smallest absolute Gasteiger partial charge is 0.269 e. The van der Waals surface area contributed by atoms with Crippen LogP contribution in [0, 0.1) is 15.5 Å². The maximum Gasteiger partial charge on any atom is 0.269 e. The third kappa shape index (κ3) is 4.62. The molecule has 2 aromatic carbocycles. The van der Waals surface area contributed by atoms with Gasteiger partial charge in [0.25, 0.3) is 5.69 Å². The van der Waals surface area contributed by atoms with Crippen molar-refractivity contribution in [2.45, 2.75) is 32.4 Å². The summed E-state index contributed by atoms with van der Waals surface area (Å²) in [5.41, 5.74) is 2.65. The predicted molar refractivity (Wildman–Crippen MR) is 106 cm³/mol. The Morgan fingerprint density at radius 3 is 2.50 bits per heavy atom. The molecule has 3 rings (SSSR count). The van der Waals surface area contributed by atoms with Gasteiger partial charge in [-0.2, -0.15) is 0 Å². The Balaban J connectivity index is 1.63. The normalized spacial score (nSPS) is 11.8. The largest absolute Gasteiger partial charge is 0.473 e. The zero-order chi connectivity index (χ0) is 19.9. The number of imidazole rings is 1. The van der Waals surface area contributed by atoms with Gasteiger partial charge in [0.05, 0.1) is 17.3 Å². The molecular formula is C21H22N4O3. The van der Waals surface area contributed by atoms with E-state index in [-0.39, 0.29) is 24.2 Å². The first-order chi connectivity index (χ1) is 13.6. The third-order valence-corrected chi connectivity index (χ3v) is 4.53. The molecule has 0 aliphatic heterocycles. The molecule has 0 spiro atoms. The number of nitro groups is 1. The number of benzene rings is 2. The van der Waals surface area contributed by atoms with Gasteiger partial charge in [0.15, 0.2) is 0 Å². The molecule has 0 saturated carbocycles. The van der Waals surface area contributed by atoms with Crippen LogP contribution in [-0.4, -0.2) is 20.4 Å². The van der Waals surface area contributed by atoms with E-state index >= 15 is 0 Å². The molecule has 0 fully saturated rings. The van der Waals surface area contributed by atoms with E-state index in [1.807, 2.05) is 36.8 Å². The Morgan fingerprint density at radius 2 is 1.93 bits per heavy atom. The van der Waals surface area contributed by atoms with E-state index in [0.29, 0.717) is 5.56 Å². The maximum atomic E-state index is 10.7. The summed E-state index contributed by atoms with van der Waals surface area (Å²) in [5, 5.41) is 18.8. The molecule has 0 radical (unpaired) electrons. The predicted octanol–water partition coefficient (Wildman–Crippen LogP) is 4.72. The first kappa shape index (κ1) is 19.3. The SMILES string of the molecule is CCCC(c1ccc(C(=N)OCc2ccc([N+](=O)[O-])cc2)cc1)n1ccnc1. The number of hydrogen-bond acceptors (Lipinski definition) is 5. The summed E-state index contributed by atoms with van der Waals surface area (Å²) in [4.78, 5) is 14.4. The minimum atomic E-state index is -0.441. The molecule has 0 bridgehead atoms. The molecular weight excluding hydrogens is 356 g/mol. The topological polar surface area (TPSA) is 94.0 Å². The van der Waals surface area contributed by atoms with Crippen molar-refractivity contribution in [1.82, 2.24) is 9.55 Å². The quantitative estimate of drug-likeness (QED) is 0.265. The average Bonchev–Trinajstić information content (AvgIpc) is 3.25. The van der Waals surface area contributed by atoms with E-state index < -0.39 is 4.92 Å². The highest BCUT2D eigenvalue weighted by atomic mass is 16.6. The van der Waals surface area contributed by atoms with E-state index in [2.05, 4.69) is 16.5 Å². The molecule has 1 N–H and O–H groups in total. The van der Waals surface area contributed by atoms with Crippen LogP contribution in [0.2, 0.25) is 0 Å². The first-order valence-electron chi connectivity index (χ1n) is 9.11. The Hall–Kier alpha value is -3.48. The first-order valence-corrected chi connectivity index (χ1v) is 9.11. The van der Waals surface area contributed by atoms with Gasteiger partial charge in [0.1, 0.15) is 6.61 Å². The Bertz CT molecular complexity index is 919. The highest BCUT2D eigenvalue weighted by molar-refractivity contribution is 5.91. The monoisotopic (exact) mass is 378 g/mol. The lowest BCUT2D eigenvalue weighted by atomic mass is 10.0. The van der Waals surface area contributed by atoms with Crippen molar-refractivity contribution in [3.8, 4) is 0 Å². The van der Waals surface area contributed by atoms with Gasteiger partial charge in [-0.25, -0.2) is 4.98 Å². The van der Waals surface area contributed by atoms with Crippen LogP contribution in [0.4, 0.5) is 5.69 Å². The number of hydrogen-bond donors (Lipinski definition) is 1. The summed E-state index contributed by atoms with van der Waals surface area (Å²) < 4.78 is 7.62. The fourth-order valence-electron chi connectivity index (χ4n) is 3.02. The number of nitrogens with zero attached hydrogens (tertiary/aromatic N) is 3. The molecule has 1 heterocycles. The van der Waals surface area contributed by atoms with Gasteiger partial charge in [0.2, 0.25) is 5.90 Å². The Kier molecular flexibility index (Phi) is 6.16. The van der Waals surface area contributed by atoms with Crippen LogP contribution in [0.25, 0.3) is 0 Å². The fraction of sp³-hybridized carbons (Fsp3) is 0.238. The lowest BCUT2D eigenvalue weighted by Gasteiger charge is -2.18. The molecule has 1 atom stereocenters. The molecule has 7 heteroatoms. The van der Waals surface area contributed by atoms with Gasteiger partial charge in [-0.3, -0.25) is 15.5 Å². The van der Waals surface area contributed by atoms with Gasteiger partial charge in [-0.05, 0) is 41.8 Å². The van der Waals surface area contributed by atoms with E-state index in [4.69, 9.17) is 10.1 Å². The molecule has 1 unspecified atom stereocenters. The second-order valence-electron chi connectivity index (χ2n) is 6.48. The van der Waals surface area contributed by atoms with Crippen LogP contribution < -0.4 is 0 Å². The maximum absolute atomic E-state index is 10.7. The highest BCUT2D eigenvalue weighted by Gasteiger charge is 2.13. The number of rotatable bonds is 8. The third-order valence-electron chi connectivity index (χ3n) is 4.53. The van der Waals surface area contributed by atoms with Crippen molar-refractivity contribution in [2.24, 2.45) is 0 Å². The van der Waals surface area contributed by atoms with E-state index in [1.165, 1.54) is 12.1 Å². The summed E-state index contributed by atoms with van der Waals surface area (Å²) in [6.45, 7) is 2.34. The molecule has 0 saturated heterocycles. The Labute approximate surface area is 163 Å². The zero-order valence-corrected chi connectivity index (χ0v) is 15.6. The molecule has 144 valence electrons. The van der Waals surface area contributed by atoms with Gasteiger partial charge >= 0.3 is 0 Å². The number of nitrogens with one attached hydrogen (secondary N) is 1. The number of aromatic nitrogens is 2. The summed E-state index contributed by atoms with van der Waals surface area (Å²) in [6, 6.07) is 14.1. The summed E-state index contributed by atoms with van der Waals surface area (Å²) in [7, 11) is 0. The Morgan fingerprint density at radius 1 is 1.21 bits per heavy atom. The van der Waals surface area contributed by atoms with E-state index in [9.17, 15) is 10.1 Å². The highest BCUT2D eigenvalue weighted by Crippen LogP contribution is 2.24. The van der Waals surface area contributed by atoms with Gasteiger partial charge < -0.3 is 9.30 Å². The van der Waals surface area contributed by atoms with Crippen LogP contribution in [-0.2, 0) is 11.3 Å².